The number of thioether (sulfide) groups is 1. The zero-order valence-corrected chi connectivity index (χ0v) is 11.1. The highest BCUT2D eigenvalue weighted by Gasteiger charge is 1.99. The second-order valence-electron chi connectivity index (χ2n) is 3.69. The molecule has 1 amide bonds. The number of benzene rings is 1. The first-order chi connectivity index (χ1) is 8.33. The van der Waals surface area contributed by atoms with Crippen molar-refractivity contribution in [2.75, 3.05) is 25.4 Å². The molecule has 3 nitrogen and oxygen atoms in total. The third kappa shape index (κ3) is 7.02. The number of amides is 1. The van der Waals surface area contributed by atoms with Gasteiger partial charge in [0.2, 0.25) is 5.91 Å². The van der Waals surface area contributed by atoms with E-state index in [1.807, 2.05) is 18.2 Å². The number of carbonyl (C=O) groups excluding carboxylic acids is 1. The maximum absolute atomic E-state index is 11.3. The minimum atomic E-state index is 0.0760. The van der Waals surface area contributed by atoms with Gasteiger partial charge in [-0.15, -0.1) is 11.8 Å². The van der Waals surface area contributed by atoms with Crippen molar-refractivity contribution in [1.29, 1.82) is 0 Å². The van der Waals surface area contributed by atoms with Crippen LogP contribution >= 0.6 is 11.8 Å². The Kier molecular flexibility index (Phi) is 7.51. The van der Waals surface area contributed by atoms with Crippen LogP contribution in [0.1, 0.15) is 13.3 Å². The summed E-state index contributed by atoms with van der Waals surface area (Å²) in [6.07, 6.45) is 1.05. The molecule has 94 valence electrons. The molecule has 4 heteroatoms. The van der Waals surface area contributed by atoms with Gasteiger partial charge in [-0.2, -0.15) is 0 Å². The third-order valence-corrected chi connectivity index (χ3v) is 3.16. The highest BCUT2D eigenvalue weighted by molar-refractivity contribution is 7.99. The maximum Gasteiger partial charge on any atom is 0.233 e. The molecule has 0 unspecified atom stereocenters. The fourth-order valence-electron chi connectivity index (χ4n) is 1.32. The monoisotopic (exact) mass is 252 g/mol. The van der Waals surface area contributed by atoms with Crippen LogP contribution in [0.5, 0.6) is 0 Å². The van der Waals surface area contributed by atoms with E-state index in [0.717, 1.165) is 18.7 Å². The van der Waals surface area contributed by atoms with Crippen molar-refractivity contribution in [1.82, 2.24) is 10.6 Å². The van der Waals surface area contributed by atoms with E-state index >= 15 is 0 Å². The van der Waals surface area contributed by atoms with Gasteiger partial charge < -0.3 is 10.6 Å². The summed E-state index contributed by atoms with van der Waals surface area (Å²) in [6.45, 7) is 4.11. The van der Waals surface area contributed by atoms with Crippen LogP contribution in [0.2, 0.25) is 0 Å². The SMILES string of the molecule is CCCNCC(=O)NCCSc1ccccc1. The Bertz CT molecular complexity index is 316. The van der Waals surface area contributed by atoms with E-state index in [-0.39, 0.29) is 5.91 Å². The Morgan fingerprint density at radius 2 is 2.00 bits per heavy atom. The van der Waals surface area contributed by atoms with Crippen molar-refractivity contribution in [3.8, 4) is 0 Å². The van der Waals surface area contributed by atoms with Crippen LogP contribution in [0.25, 0.3) is 0 Å². The number of hydrogen-bond donors (Lipinski definition) is 2. The van der Waals surface area contributed by atoms with Gasteiger partial charge in [0.25, 0.3) is 0 Å². The topological polar surface area (TPSA) is 41.1 Å². The number of carbonyl (C=O) groups is 1. The fraction of sp³-hybridized carbons (Fsp3) is 0.462. The van der Waals surface area contributed by atoms with E-state index in [9.17, 15) is 4.79 Å². The number of nitrogens with one attached hydrogen (secondary N) is 2. The van der Waals surface area contributed by atoms with Gasteiger partial charge >= 0.3 is 0 Å². The molecule has 1 aromatic rings. The summed E-state index contributed by atoms with van der Waals surface area (Å²) < 4.78 is 0. The van der Waals surface area contributed by atoms with Gasteiger partial charge in [-0.1, -0.05) is 25.1 Å². The molecule has 1 rings (SSSR count). The van der Waals surface area contributed by atoms with Crippen molar-refractivity contribution < 1.29 is 4.79 Å². The highest BCUT2D eigenvalue weighted by Crippen LogP contribution is 2.15. The minimum absolute atomic E-state index is 0.0760. The molecule has 2 N–H and O–H groups in total. The molecule has 0 aliphatic rings. The fourth-order valence-corrected chi connectivity index (χ4v) is 2.11. The van der Waals surface area contributed by atoms with E-state index < -0.39 is 0 Å². The molecule has 0 aliphatic carbocycles. The van der Waals surface area contributed by atoms with Crippen LogP contribution in [0.3, 0.4) is 0 Å². The van der Waals surface area contributed by atoms with E-state index in [0.29, 0.717) is 13.1 Å². The van der Waals surface area contributed by atoms with Crippen LogP contribution in [-0.2, 0) is 4.79 Å². The molecule has 0 fully saturated rings. The van der Waals surface area contributed by atoms with Crippen molar-refractivity contribution in [2.45, 2.75) is 18.2 Å². The molecule has 0 aromatic heterocycles. The lowest BCUT2D eigenvalue weighted by molar-refractivity contribution is -0.120. The standard InChI is InChI=1S/C13H20N2OS/c1-2-8-14-11-13(16)15-9-10-17-12-6-4-3-5-7-12/h3-7,14H,2,8-11H2,1H3,(H,15,16). The molecule has 17 heavy (non-hydrogen) atoms. The van der Waals surface area contributed by atoms with Gasteiger partial charge in [0, 0.05) is 17.2 Å². The minimum Gasteiger partial charge on any atom is -0.354 e. The molecule has 1 aromatic carbocycles. The third-order valence-electron chi connectivity index (χ3n) is 2.15. The summed E-state index contributed by atoms with van der Waals surface area (Å²) >= 11 is 1.76. The molecule has 0 aliphatic heterocycles. The van der Waals surface area contributed by atoms with Crippen molar-refractivity contribution in [3.05, 3.63) is 30.3 Å². The molecule has 0 radical (unpaired) electrons. The predicted octanol–water partition coefficient (Wildman–Crippen LogP) is 1.89. The Balaban J connectivity index is 2.02. The Morgan fingerprint density at radius 3 is 2.71 bits per heavy atom. The van der Waals surface area contributed by atoms with Gasteiger partial charge in [-0.3, -0.25) is 4.79 Å². The summed E-state index contributed by atoms with van der Waals surface area (Å²) in [4.78, 5) is 12.6. The molecule has 0 spiro atoms. The number of rotatable bonds is 8. The van der Waals surface area contributed by atoms with Crippen LogP contribution in [-0.4, -0.2) is 31.3 Å². The van der Waals surface area contributed by atoms with Crippen LogP contribution in [0.15, 0.2) is 35.2 Å². The predicted molar refractivity (Wildman–Crippen MR) is 73.3 cm³/mol. The normalized spacial score (nSPS) is 10.2. The smallest absolute Gasteiger partial charge is 0.233 e. The van der Waals surface area contributed by atoms with Crippen molar-refractivity contribution >= 4 is 17.7 Å². The Morgan fingerprint density at radius 1 is 1.24 bits per heavy atom. The van der Waals surface area contributed by atoms with E-state index in [2.05, 4.69) is 29.7 Å². The van der Waals surface area contributed by atoms with Crippen LogP contribution in [0.4, 0.5) is 0 Å². The zero-order valence-electron chi connectivity index (χ0n) is 10.2. The number of hydrogen-bond acceptors (Lipinski definition) is 3. The molecule has 0 saturated carbocycles. The van der Waals surface area contributed by atoms with Gasteiger partial charge in [0.1, 0.15) is 0 Å². The van der Waals surface area contributed by atoms with E-state index in [4.69, 9.17) is 0 Å². The molecular formula is C13H20N2OS. The van der Waals surface area contributed by atoms with Gasteiger partial charge in [-0.25, -0.2) is 0 Å². The van der Waals surface area contributed by atoms with Gasteiger partial charge in [-0.05, 0) is 25.1 Å². The summed E-state index contributed by atoms with van der Waals surface area (Å²) in [5.41, 5.74) is 0. The van der Waals surface area contributed by atoms with Gasteiger partial charge in [0.15, 0.2) is 0 Å². The first kappa shape index (κ1) is 14.1. The lowest BCUT2D eigenvalue weighted by Crippen LogP contribution is -2.35. The second kappa shape index (κ2) is 9.07. The molecule has 0 bridgehead atoms. The lowest BCUT2D eigenvalue weighted by atomic mass is 10.4. The summed E-state index contributed by atoms with van der Waals surface area (Å²) in [5.74, 6) is 0.982. The zero-order chi connectivity index (χ0) is 12.3. The van der Waals surface area contributed by atoms with Crippen molar-refractivity contribution in [3.63, 3.8) is 0 Å². The summed E-state index contributed by atoms with van der Waals surface area (Å²) in [5, 5.41) is 5.96. The van der Waals surface area contributed by atoms with E-state index in [1.54, 1.807) is 11.8 Å². The molecule has 0 saturated heterocycles. The summed E-state index contributed by atoms with van der Waals surface area (Å²) in [6, 6.07) is 10.2. The largest absolute Gasteiger partial charge is 0.354 e. The highest BCUT2D eigenvalue weighted by atomic mass is 32.2. The van der Waals surface area contributed by atoms with Gasteiger partial charge in [0.05, 0.1) is 6.54 Å². The summed E-state index contributed by atoms with van der Waals surface area (Å²) in [7, 11) is 0. The molecular weight excluding hydrogens is 232 g/mol. The average molecular weight is 252 g/mol. The lowest BCUT2D eigenvalue weighted by Gasteiger charge is -2.05. The average Bonchev–Trinajstić information content (AvgIpc) is 2.36. The molecule has 0 atom stereocenters. The van der Waals surface area contributed by atoms with E-state index in [1.165, 1.54) is 4.90 Å². The Hall–Kier alpha value is -1.00. The Labute approximate surface area is 107 Å². The molecule has 0 heterocycles. The first-order valence-corrected chi connectivity index (χ1v) is 6.96. The van der Waals surface area contributed by atoms with Crippen LogP contribution in [0, 0.1) is 0 Å². The van der Waals surface area contributed by atoms with Crippen LogP contribution < -0.4 is 10.6 Å². The quantitative estimate of drug-likeness (QED) is 0.548. The second-order valence-corrected chi connectivity index (χ2v) is 4.86. The maximum atomic E-state index is 11.3. The first-order valence-electron chi connectivity index (χ1n) is 5.98. The van der Waals surface area contributed by atoms with Crippen molar-refractivity contribution in [2.24, 2.45) is 0 Å².